The van der Waals surface area contributed by atoms with Gasteiger partial charge in [-0.05, 0) is 42.7 Å². The Labute approximate surface area is 187 Å². The molecule has 2 unspecified atom stereocenters. The van der Waals surface area contributed by atoms with Crippen LogP contribution < -0.4 is 14.8 Å². The van der Waals surface area contributed by atoms with E-state index in [1.807, 2.05) is 47.4 Å². The Hall–Kier alpha value is -2.54. The van der Waals surface area contributed by atoms with E-state index in [1.165, 1.54) is 0 Å². The number of aliphatic hydroxyl groups is 1. The highest BCUT2D eigenvalue weighted by Crippen LogP contribution is 2.31. The summed E-state index contributed by atoms with van der Waals surface area (Å²) in [6.45, 7) is 2.09. The van der Waals surface area contributed by atoms with E-state index in [-0.39, 0.29) is 11.9 Å². The summed E-state index contributed by atoms with van der Waals surface area (Å²) in [6, 6.07) is 15.2. The third-order valence-electron chi connectivity index (χ3n) is 5.69. The SMILES string of the molecule is O=C(/C=C/c1ccccc1Cl)N1CCC(NCC(O)C2COc3ccccc3O2)CC1. The Kier molecular flexibility index (Phi) is 7.12. The van der Waals surface area contributed by atoms with Crippen LogP contribution in [-0.2, 0) is 4.79 Å². The maximum Gasteiger partial charge on any atom is 0.246 e. The van der Waals surface area contributed by atoms with Crippen molar-refractivity contribution in [2.45, 2.75) is 31.1 Å². The fourth-order valence-electron chi connectivity index (χ4n) is 3.83. The predicted octanol–water partition coefficient (Wildman–Crippen LogP) is 3.13. The summed E-state index contributed by atoms with van der Waals surface area (Å²) in [7, 11) is 0. The van der Waals surface area contributed by atoms with Crippen molar-refractivity contribution in [3.63, 3.8) is 0 Å². The van der Waals surface area contributed by atoms with Gasteiger partial charge in [-0.1, -0.05) is 41.9 Å². The minimum atomic E-state index is -0.674. The zero-order valence-corrected chi connectivity index (χ0v) is 18.0. The number of hydrogen-bond donors (Lipinski definition) is 2. The van der Waals surface area contributed by atoms with Crippen LogP contribution in [-0.4, -0.2) is 60.4 Å². The van der Waals surface area contributed by atoms with E-state index < -0.39 is 12.2 Å². The van der Waals surface area contributed by atoms with Crippen LogP contribution in [0.5, 0.6) is 11.5 Å². The molecule has 0 radical (unpaired) electrons. The second kappa shape index (κ2) is 10.2. The van der Waals surface area contributed by atoms with Crippen LogP contribution in [0.1, 0.15) is 18.4 Å². The number of benzene rings is 2. The lowest BCUT2D eigenvalue weighted by molar-refractivity contribution is -0.127. The van der Waals surface area contributed by atoms with Crippen LogP contribution in [0.2, 0.25) is 5.02 Å². The molecule has 0 bridgehead atoms. The molecule has 1 amide bonds. The summed E-state index contributed by atoms with van der Waals surface area (Å²) in [6.07, 6.45) is 3.93. The van der Waals surface area contributed by atoms with Gasteiger partial charge >= 0.3 is 0 Å². The number of carbonyl (C=O) groups excluding carboxylic acids is 1. The summed E-state index contributed by atoms with van der Waals surface area (Å²) in [5.41, 5.74) is 0.833. The number of carbonyl (C=O) groups is 1. The van der Waals surface area contributed by atoms with E-state index in [1.54, 1.807) is 18.2 Å². The van der Waals surface area contributed by atoms with Crippen molar-refractivity contribution in [2.24, 2.45) is 0 Å². The quantitative estimate of drug-likeness (QED) is 0.672. The van der Waals surface area contributed by atoms with Gasteiger partial charge in [0, 0.05) is 36.8 Å². The molecule has 7 heteroatoms. The van der Waals surface area contributed by atoms with Crippen molar-refractivity contribution in [2.75, 3.05) is 26.2 Å². The van der Waals surface area contributed by atoms with Gasteiger partial charge in [0.1, 0.15) is 12.7 Å². The molecule has 2 aromatic rings. The number of ether oxygens (including phenoxy) is 2. The van der Waals surface area contributed by atoms with Gasteiger partial charge in [-0.3, -0.25) is 4.79 Å². The van der Waals surface area contributed by atoms with Crippen LogP contribution in [0.3, 0.4) is 0 Å². The molecular formula is C24H27ClN2O4. The lowest BCUT2D eigenvalue weighted by Gasteiger charge is -2.34. The van der Waals surface area contributed by atoms with Crippen LogP contribution in [0.25, 0.3) is 6.08 Å². The first-order chi connectivity index (χ1) is 15.1. The smallest absolute Gasteiger partial charge is 0.246 e. The van der Waals surface area contributed by atoms with Gasteiger partial charge < -0.3 is 24.8 Å². The van der Waals surface area contributed by atoms with E-state index >= 15 is 0 Å². The lowest BCUT2D eigenvalue weighted by Crippen LogP contribution is -2.50. The van der Waals surface area contributed by atoms with Crippen molar-refractivity contribution in [3.8, 4) is 11.5 Å². The lowest BCUT2D eigenvalue weighted by atomic mass is 10.0. The van der Waals surface area contributed by atoms with Gasteiger partial charge in [-0.15, -0.1) is 0 Å². The maximum atomic E-state index is 12.5. The van der Waals surface area contributed by atoms with E-state index in [0.717, 1.165) is 18.4 Å². The number of para-hydroxylation sites is 2. The van der Waals surface area contributed by atoms with Gasteiger partial charge in [-0.2, -0.15) is 0 Å². The van der Waals surface area contributed by atoms with Crippen LogP contribution >= 0.6 is 11.6 Å². The summed E-state index contributed by atoms with van der Waals surface area (Å²) < 4.78 is 11.5. The van der Waals surface area contributed by atoms with Crippen molar-refractivity contribution < 1.29 is 19.4 Å². The number of aliphatic hydroxyl groups excluding tert-OH is 1. The number of piperidine rings is 1. The molecule has 1 saturated heterocycles. The Morgan fingerprint density at radius 3 is 2.65 bits per heavy atom. The molecule has 0 saturated carbocycles. The minimum absolute atomic E-state index is 0.00942. The molecule has 0 aliphatic carbocycles. The molecule has 164 valence electrons. The maximum absolute atomic E-state index is 12.5. The third kappa shape index (κ3) is 5.58. The largest absolute Gasteiger partial charge is 0.486 e. The van der Waals surface area contributed by atoms with Crippen LogP contribution in [0.4, 0.5) is 0 Å². The molecule has 4 rings (SSSR count). The molecule has 0 spiro atoms. The highest BCUT2D eigenvalue weighted by atomic mass is 35.5. The fraction of sp³-hybridized carbons (Fsp3) is 0.375. The van der Waals surface area contributed by atoms with Gasteiger partial charge in [0.25, 0.3) is 0 Å². The first-order valence-electron chi connectivity index (χ1n) is 10.6. The van der Waals surface area contributed by atoms with E-state index in [2.05, 4.69) is 5.32 Å². The number of hydrogen-bond acceptors (Lipinski definition) is 5. The number of likely N-dealkylation sites (tertiary alicyclic amines) is 1. The Morgan fingerprint density at radius 2 is 1.87 bits per heavy atom. The summed E-state index contributed by atoms with van der Waals surface area (Å²) in [5, 5.41) is 14.6. The van der Waals surface area contributed by atoms with E-state index in [9.17, 15) is 9.90 Å². The van der Waals surface area contributed by atoms with Crippen molar-refractivity contribution >= 4 is 23.6 Å². The topological polar surface area (TPSA) is 71.0 Å². The van der Waals surface area contributed by atoms with E-state index in [0.29, 0.717) is 42.8 Å². The first-order valence-corrected chi connectivity index (χ1v) is 11.0. The summed E-state index contributed by atoms with van der Waals surface area (Å²) in [5.74, 6) is 1.36. The highest BCUT2D eigenvalue weighted by molar-refractivity contribution is 6.32. The van der Waals surface area contributed by atoms with Crippen molar-refractivity contribution in [1.82, 2.24) is 10.2 Å². The number of halogens is 1. The fourth-order valence-corrected chi connectivity index (χ4v) is 4.02. The highest BCUT2D eigenvalue weighted by Gasteiger charge is 2.29. The molecule has 1 fully saturated rings. The number of amides is 1. The van der Waals surface area contributed by atoms with Gasteiger partial charge in [-0.25, -0.2) is 0 Å². The number of rotatable bonds is 6. The Morgan fingerprint density at radius 1 is 1.16 bits per heavy atom. The summed E-state index contributed by atoms with van der Waals surface area (Å²) in [4.78, 5) is 14.3. The molecule has 2 aromatic carbocycles. The normalized spacial score (nSPS) is 20.1. The summed E-state index contributed by atoms with van der Waals surface area (Å²) >= 11 is 6.13. The molecule has 31 heavy (non-hydrogen) atoms. The molecule has 2 aliphatic heterocycles. The first kappa shape index (κ1) is 21.7. The number of nitrogens with one attached hydrogen (secondary N) is 1. The monoisotopic (exact) mass is 442 g/mol. The molecule has 0 aromatic heterocycles. The van der Waals surface area contributed by atoms with Crippen molar-refractivity contribution in [3.05, 3.63) is 65.2 Å². The molecule has 2 heterocycles. The predicted molar refractivity (Wildman–Crippen MR) is 120 cm³/mol. The van der Waals surface area contributed by atoms with Crippen LogP contribution in [0, 0.1) is 0 Å². The molecule has 2 atom stereocenters. The van der Waals surface area contributed by atoms with Gasteiger partial charge in [0.05, 0.1) is 0 Å². The average Bonchev–Trinajstić information content (AvgIpc) is 2.82. The Balaban J connectivity index is 1.20. The minimum Gasteiger partial charge on any atom is -0.486 e. The second-order valence-electron chi connectivity index (χ2n) is 7.84. The second-order valence-corrected chi connectivity index (χ2v) is 8.25. The Bertz CT molecular complexity index is 927. The van der Waals surface area contributed by atoms with Gasteiger partial charge in [0.2, 0.25) is 5.91 Å². The zero-order valence-electron chi connectivity index (χ0n) is 17.2. The molecular weight excluding hydrogens is 416 g/mol. The number of nitrogens with zero attached hydrogens (tertiary/aromatic N) is 1. The van der Waals surface area contributed by atoms with Crippen LogP contribution in [0.15, 0.2) is 54.6 Å². The molecule has 2 N–H and O–H groups in total. The molecule has 6 nitrogen and oxygen atoms in total. The van der Waals surface area contributed by atoms with Gasteiger partial charge in [0.15, 0.2) is 17.6 Å². The van der Waals surface area contributed by atoms with E-state index in [4.69, 9.17) is 21.1 Å². The zero-order chi connectivity index (χ0) is 21.6. The number of fused-ring (bicyclic) bond motifs is 1. The third-order valence-corrected chi connectivity index (χ3v) is 6.04. The van der Waals surface area contributed by atoms with Crippen molar-refractivity contribution in [1.29, 1.82) is 0 Å². The standard InChI is InChI=1S/C24H27ClN2O4/c25-19-6-2-1-5-17(19)9-10-24(29)27-13-11-18(12-14-27)26-15-20(28)23-16-30-21-7-3-4-8-22(21)31-23/h1-10,18,20,23,26,28H,11-16H2/b10-9+. The molecule has 2 aliphatic rings. The average molecular weight is 443 g/mol.